The van der Waals surface area contributed by atoms with Gasteiger partial charge in [0.05, 0.1) is 36.3 Å². The quantitative estimate of drug-likeness (QED) is 0.301. The van der Waals surface area contributed by atoms with E-state index in [1.54, 1.807) is 12.1 Å². The maximum Gasteiger partial charge on any atom is 0.573 e. The SMILES string of the molecule is CN=S(=O)(N[C@@H]1COC[C@H](n2c3ccc(Cl)cc3c3cc(Cl)ccc32)[C@H]1O)c1ccc(OC(F)(F)F)cc1. The zero-order valence-electron chi connectivity index (χ0n) is 19.8. The van der Waals surface area contributed by atoms with E-state index >= 15 is 0 Å². The highest BCUT2D eigenvalue weighted by atomic mass is 35.5. The lowest BCUT2D eigenvalue weighted by Gasteiger charge is -2.37. The van der Waals surface area contributed by atoms with Gasteiger partial charge < -0.3 is 19.1 Å². The molecule has 3 aromatic carbocycles. The van der Waals surface area contributed by atoms with Crippen LogP contribution in [0.3, 0.4) is 0 Å². The van der Waals surface area contributed by atoms with Crippen molar-refractivity contribution in [1.82, 2.24) is 9.29 Å². The van der Waals surface area contributed by atoms with Crippen molar-refractivity contribution < 1.29 is 32.0 Å². The summed E-state index contributed by atoms with van der Waals surface area (Å²) in [7, 11) is -2.01. The van der Waals surface area contributed by atoms with Crippen LogP contribution in [-0.4, -0.2) is 52.7 Å². The number of ether oxygens (including phenoxy) is 2. The van der Waals surface area contributed by atoms with Gasteiger partial charge in [-0.3, -0.25) is 0 Å². The Hall–Kier alpha value is -2.54. The predicted molar refractivity (Wildman–Crippen MR) is 140 cm³/mol. The van der Waals surface area contributed by atoms with Crippen LogP contribution in [0.15, 0.2) is 69.9 Å². The van der Waals surface area contributed by atoms with Gasteiger partial charge in [0.25, 0.3) is 0 Å². The fourth-order valence-corrected chi connectivity index (χ4v) is 6.64. The number of hydrogen-bond donors (Lipinski definition) is 2. The minimum absolute atomic E-state index is 0.0359. The minimum atomic E-state index is -4.85. The molecule has 1 aliphatic rings. The standard InChI is InChI=1S/C25H22Cl2F3N3O4S/c1-31-38(35,17-6-4-16(5-7-17)37-25(28,29)30)32-20-12-36-13-23(24(20)34)33-21-8-2-14(26)10-18(21)19-11-15(27)3-9-22(19)33/h2-11,20,23-24,34H,12-13H2,1H3,(H,31,32,35)/t20-,23+,24+,38?/m1/s1. The smallest absolute Gasteiger partial charge is 0.406 e. The Bertz CT molecular complexity index is 1560. The number of aromatic nitrogens is 1. The van der Waals surface area contributed by atoms with Crippen LogP contribution >= 0.6 is 23.2 Å². The predicted octanol–water partition coefficient (Wildman–Crippen LogP) is 5.96. The van der Waals surface area contributed by atoms with E-state index in [0.29, 0.717) is 10.0 Å². The topological polar surface area (TPSA) is 85.1 Å². The van der Waals surface area contributed by atoms with Gasteiger partial charge in [0.2, 0.25) is 0 Å². The van der Waals surface area contributed by atoms with Crippen molar-refractivity contribution in [3.63, 3.8) is 0 Å². The molecule has 0 bridgehead atoms. The van der Waals surface area contributed by atoms with Gasteiger partial charge in [0.15, 0.2) is 0 Å². The highest BCUT2D eigenvalue weighted by Crippen LogP contribution is 2.37. The minimum Gasteiger partial charge on any atom is -0.406 e. The van der Waals surface area contributed by atoms with Crippen LogP contribution < -0.4 is 9.46 Å². The Labute approximate surface area is 226 Å². The molecule has 5 rings (SSSR count). The third-order valence-electron chi connectivity index (χ3n) is 6.40. The highest BCUT2D eigenvalue weighted by molar-refractivity contribution is 7.91. The molecule has 4 atom stereocenters. The van der Waals surface area contributed by atoms with Gasteiger partial charge in [-0.15, -0.1) is 13.2 Å². The van der Waals surface area contributed by atoms with Gasteiger partial charge in [-0.05, 0) is 60.7 Å². The second kappa shape index (κ2) is 10.2. The molecule has 0 saturated carbocycles. The van der Waals surface area contributed by atoms with E-state index in [-0.39, 0.29) is 18.1 Å². The largest absolute Gasteiger partial charge is 0.573 e. The number of benzene rings is 3. The zero-order chi connectivity index (χ0) is 27.2. The fourth-order valence-electron chi connectivity index (χ4n) is 4.72. The molecule has 1 fully saturated rings. The molecule has 4 aromatic rings. The normalized spacial score (nSPS) is 21.9. The summed E-state index contributed by atoms with van der Waals surface area (Å²) in [6, 6.07) is 14.0. The molecule has 202 valence electrons. The number of nitrogens with one attached hydrogen (secondary N) is 1. The van der Waals surface area contributed by atoms with Gasteiger partial charge >= 0.3 is 6.36 Å². The van der Waals surface area contributed by atoms with Crippen LogP contribution in [0.2, 0.25) is 10.0 Å². The van der Waals surface area contributed by atoms with Crippen molar-refractivity contribution in [2.24, 2.45) is 4.36 Å². The fraction of sp³-hybridized carbons (Fsp3) is 0.280. The molecule has 1 unspecified atom stereocenters. The maximum atomic E-state index is 13.7. The van der Waals surface area contributed by atoms with Crippen LogP contribution in [0.4, 0.5) is 13.2 Å². The summed E-state index contributed by atoms with van der Waals surface area (Å²) in [6.07, 6.45) is -5.91. The van der Waals surface area contributed by atoms with Gasteiger partial charge in [0.1, 0.15) is 15.7 Å². The first-order valence-electron chi connectivity index (χ1n) is 11.4. The molecule has 1 saturated heterocycles. The van der Waals surface area contributed by atoms with E-state index in [2.05, 4.69) is 13.8 Å². The van der Waals surface area contributed by atoms with Crippen molar-refractivity contribution in [3.8, 4) is 5.75 Å². The van der Waals surface area contributed by atoms with E-state index in [4.69, 9.17) is 27.9 Å². The van der Waals surface area contributed by atoms with Crippen LogP contribution in [0.25, 0.3) is 21.8 Å². The molecule has 2 N–H and O–H groups in total. The summed E-state index contributed by atoms with van der Waals surface area (Å²) in [5, 5.41) is 14.3. The lowest BCUT2D eigenvalue weighted by atomic mass is 10.0. The third kappa shape index (κ3) is 5.18. The van der Waals surface area contributed by atoms with Crippen LogP contribution in [0, 0.1) is 0 Å². The Morgan fingerprint density at radius 1 is 1.03 bits per heavy atom. The first-order valence-corrected chi connectivity index (χ1v) is 13.7. The number of aliphatic hydroxyl groups is 1. The average molecular weight is 588 g/mol. The number of nitrogens with zero attached hydrogens (tertiary/aromatic N) is 2. The van der Waals surface area contributed by atoms with E-state index in [0.717, 1.165) is 33.9 Å². The molecule has 0 aliphatic carbocycles. The van der Waals surface area contributed by atoms with Gasteiger partial charge in [-0.1, -0.05) is 23.2 Å². The summed E-state index contributed by atoms with van der Waals surface area (Å²) < 4.78 is 69.8. The van der Waals surface area contributed by atoms with E-state index < -0.39 is 40.2 Å². The van der Waals surface area contributed by atoms with Crippen molar-refractivity contribution >= 4 is 54.9 Å². The highest BCUT2D eigenvalue weighted by Gasteiger charge is 2.37. The second-order valence-electron chi connectivity index (χ2n) is 8.74. The first kappa shape index (κ1) is 27.0. The molecule has 0 spiro atoms. The molecular weight excluding hydrogens is 566 g/mol. The third-order valence-corrected chi connectivity index (χ3v) is 8.91. The molecule has 38 heavy (non-hydrogen) atoms. The number of hydrogen-bond acceptors (Lipinski definition) is 5. The molecule has 0 radical (unpaired) electrons. The van der Waals surface area contributed by atoms with Crippen LogP contribution in [0.5, 0.6) is 5.75 Å². The van der Waals surface area contributed by atoms with E-state index in [9.17, 15) is 22.5 Å². The lowest BCUT2D eigenvalue weighted by Crippen LogP contribution is -2.53. The van der Waals surface area contributed by atoms with Crippen molar-refractivity contribution in [3.05, 3.63) is 70.7 Å². The van der Waals surface area contributed by atoms with E-state index in [1.165, 1.54) is 19.2 Å². The molecule has 7 nitrogen and oxygen atoms in total. The molecule has 0 amide bonds. The van der Waals surface area contributed by atoms with Crippen LogP contribution in [0.1, 0.15) is 6.04 Å². The summed E-state index contributed by atoms with van der Waals surface area (Å²) >= 11 is 12.5. The average Bonchev–Trinajstić information content (AvgIpc) is 3.17. The maximum absolute atomic E-state index is 13.7. The number of rotatable bonds is 5. The molecule has 2 heterocycles. The first-order chi connectivity index (χ1) is 18.0. The Morgan fingerprint density at radius 3 is 2.13 bits per heavy atom. The van der Waals surface area contributed by atoms with E-state index in [1.807, 2.05) is 28.8 Å². The molecular formula is C25H22Cl2F3N3O4S. The Kier molecular flexibility index (Phi) is 7.27. The number of fused-ring (bicyclic) bond motifs is 3. The number of alkyl halides is 3. The number of aliphatic hydroxyl groups excluding tert-OH is 1. The van der Waals surface area contributed by atoms with Gasteiger partial charge in [0, 0.05) is 38.9 Å². The summed E-state index contributed by atoms with van der Waals surface area (Å²) in [5.41, 5.74) is 1.61. The zero-order valence-corrected chi connectivity index (χ0v) is 22.1. The summed E-state index contributed by atoms with van der Waals surface area (Å²) in [4.78, 5) is 0.130. The van der Waals surface area contributed by atoms with Crippen LogP contribution in [-0.2, 0) is 14.7 Å². The molecule has 13 heteroatoms. The van der Waals surface area contributed by atoms with Gasteiger partial charge in [-0.2, -0.15) is 0 Å². The Balaban J connectivity index is 1.48. The Morgan fingerprint density at radius 2 is 1.61 bits per heavy atom. The van der Waals surface area contributed by atoms with Crippen molar-refractivity contribution in [2.75, 3.05) is 20.3 Å². The second-order valence-corrected chi connectivity index (χ2v) is 11.7. The van der Waals surface area contributed by atoms with Crippen molar-refractivity contribution in [2.45, 2.75) is 29.4 Å². The molecule has 1 aromatic heterocycles. The van der Waals surface area contributed by atoms with Gasteiger partial charge in [-0.25, -0.2) is 13.3 Å². The summed E-state index contributed by atoms with van der Waals surface area (Å²) in [6.45, 7) is 0.214. The monoisotopic (exact) mass is 587 g/mol. The summed E-state index contributed by atoms with van der Waals surface area (Å²) in [5.74, 6) is -0.452. The number of halogens is 5. The van der Waals surface area contributed by atoms with Crippen molar-refractivity contribution in [1.29, 1.82) is 0 Å². The lowest BCUT2D eigenvalue weighted by molar-refractivity contribution is -0.274. The molecule has 1 aliphatic heterocycles.